The highest BCUT2D eigenvalue weighted by molar-refractivity contribution is 5.80. The van der Waals surface area contributed by atoms with Crippen molar-refractivity contribution in [1.82, 2.24) is 0 Å². The monoisotopic (exact) mass is 250 g/mol. The highest BCUT2D eigenvalue weighted by atomic mass is 16.5. The number of benzene rings is 1. The number of carbonyl (C=O) groups excluding carboxylic acids is 1. The second-order valence-corrected chi connectivity index (χ2v) is 4.44. The summed E-state index contributed by atoms with van der Waals surface area (Å²) in [6, 6.07) is 6.11. The topological polar surface area (TPSA) is 26.3 Å². The molecule has 0 spiro atoms. The summed E-state index contributed by atoms with van der Waals surface area (Å²) in [5.74, 6) is 1.32. The van der Waals surface area contributed by atoms with Crippen molar-refractivity contribution in [3.05, 3.63) is 29.3 Å². The minimum Gasteiger partial charge on any atom is -0.496 e. The fraction of sp³-hybridized carbons (Fsp3) is 0.562. The first-order valence-corrected chi connectivity index (χ1v) is 6.71. The van der Waals surface area contributed by atoms with Crippen molar-refractivity contribution < 1.29 is 9.53 Å². The van der Waals surface area contributed by atoms with Crippen LogP contribution in [0.2, 0.25) is 0 Å². The van der Waals surface area contributed by atoms with Gasteiger partial charge in [0.05, 0.1) is 7.11 Å². The zero-order chi connectivity index (χ0) is 14.1. The third-order valence-electron chi connectivity index (χ3n) is 2.73. The molecule has 18 heavy (non-hydrogen) atoms. The Kier molecular flexibility index (Phi) is 8.10. The summed E-state index contributed by atoms with van der Waals surface area (Å²) in [7, 11) is 1.67. The van der Waals surface area contributed by atoms with Crippen LogP contribution in [0.4, 0.5) is 0 Å². The third-order valence-corrected chi connectivity index (χ3v) is 2.73. The summed E-state index contributed by atoms with van der Waals surface area (Å²) in [5.41, 5.74) is 2.29. The van der Waals surface area contributed by atoms with Crippen LogP contribution in [-0.2, 0) is 11.2 Å². The van der Waals surface area contributed by atoms with Crippen LogP contribution in [0.15, 0.2) is 18.2 Å². The minimum atomic E-state index is 0.122. The van der Waals surface area contributed by atoms with Crippen molar-refractivity contribution in [1.29, 1.82) is 0 Å². The molecule has 0 aliphatic carbocycles. The van der Waals surface area contributed by atoms with Crippen LogP contribution >= 0.6 is 0 Å². The fourth-order valence-electron chi connectivity index (χ4n) is 1.60. The van der Waals surface area contributed by atoms with Crippen LogP contribution in [-0.4, -0.2) is 12.9 Å². The van der Waals surface area contributed by atoms with E-state index in [9.17, 15) is 4.79 Å². The molecule has 0 aliphatic heterocycles. The predicted molar refractivity (Wildman–Crippen MR) is 77.2 cm³/mol. The fourth-order valence-corrected chi connectivity index (χ4v) is 1.60. The summed E-state index contributed by atoms with van der Waals surface area (Å²) < 4.78 is 5.31. The Balaban J connectivity index is 0.00000137. The van der Waals surface area contributed by atoms with Crippen molar-refractivity contribution in [2.45, 2.75) is 47.5 Å². The molecule has 0 aliphatic rings. The highest BCUT2D eigenvalue weighted by Gasteiger charge is 2.09. The van der Waals surface area contributed by atoms with E-state index < -0.39 is 0 Å². The van der Waals surface area contributed by atoms with Crippen molar-refractivity contribution in [3.8, 4) is 5.75 Å². The van der Waals surface area contributed by atoms with Gasteiger partial charge in [-0.3, -0.25) is 4.79 Å². The molecule has 0 fully saturated rings. The van der Waals surface area contributed by atoms with E-state index >= 15 is 0 Å². The van der Waals surface area contributed by atoms with Gasteiger partial charge in [-0.25, -0.2) is 0 Å². The number of ketones is 1. The maximum absolute atomic E-state index is 11.5. The van der Waals surface area contributed by atoms with E-state index in [2.05, 4.69) is 6.07 Å². The van der Waals surface area contributed by atoms with E-state index in [4.69, 9.17) is 4.74 Å². The lowest BCUT2D eigenvalue weighted by atomic mass is 10.00. The molecule has 102 valence electrons. The van der Waals surface area contributed by atoms with Gasteiger partial charge < -0.3 is 4.74 Å². The molecule has 0 N–H and O–H groups in total. The summed E-state index contributed by atoms with van der Waals surface area (Å²) in [4.78, 5) is 11.5. The van der Waals surface area contributed by atoms with Gasteiger partial charge >= 0.3 is 0 Å². The summed E-state index contributed by atoms with van der Waals surface area (Å²) in [6.07, 6.45) is 1.36. The molecule has 2 heteroatoms. The minimum absolute atomic E-state index is 0.122. The Labute approximate surface area is 111 Å². The second kappa shape index (κ2) is 8.73. The average molecular weight is 250 g/mol. The maximum atomic E-state index is 11.5. The van der Waals surface area contributed by atoms with Gasteiger partial charge in [0.25, 0.3) is 0 Å². The highest BCUT2D eigenvalue weighted by Crippen LogP contribution is 2.21. The summed E-state index contributed by atoms with van der Waals surface area (Å²) in [6.45, 7) is 9.91. The van der Waals surface area contributed by atoms with Crippen molar-refractivity contribution >= 4 is 5.78 Å². The predicted octanol–water partition coefficient (Wildman–Crippen LogP) is 4.19. The van der Waals surface area contributed by atoms with Crippen molar-refractivity contribution in [3.63, 3.8) is 0 Å². The number of ether oxygens (including phenoxy) is 1. The standard InChI is InChI=1S/C14H20O2.C2H6/c1-10(2)13(15)8-7-12-6-5-11(3)9-14(12)16-4;1-2/h5-6,9-10H,7-8H2,1-4H3;1-2H3. The van der Waals surface area contributed by atoms with Gasteiger partial charge in [0.2, 0.25) is 0 Å². The van der Waals surface area contributed by atoms with Gasteiger partial charge in [-0.1, -0.05) is 39.8 Å². The molecular weight excluding hydrogens is 224 g/mol. The van der Waals surface area contributed by atoms with E-state index in [0.717, 1.165) is 17.7 Å². The van der Waals surface area contributed by atoms with Crippen molar-refractivity contribution in [2.24, 2.45) is 5.92 Å². The van der Waals surface area contributed by atoms with E-state index in [0.29, 0.717) is 12.2 Å². The molecule has 1 aromatic carbocycles. The van der Waals surface area contributed by atoms with Crippen molar-refractivity contribution in [2.75, 3.05) is 7.11 Å². The van der Waals surface area contributed by atoms with Gasteiger partial charge in [0.15, 0.2) is 0 Å². The first kappa shape index (κ1) is 16.7. The van der Waals surface area contributed by atoms with Gasteiger partial charge in [0, 0.05) is 12.3 Å². The lowest BCUT2D eigenvalue weighted by molar-refractivity contribution is -0.121. The van der Waals surface area contributed by atoms with Crippen LogP contribution in [0, 0.1) is 12.8 Å². The summed E-state index contributed by atoms with van der Waals surface area (Å²) in [5, 5.41) is 0. The number of carbonyl (C=O) groups is 1. The van der Waals surface area contributed by atoms with E-state index in [-0.39, 0.29) is 5.92 Å². The quantitative estimate of drug-likeness (QED) is 0.783. The molecule has 0 bridgehead atoms. The number of methoxy groups -OCH3 is 1. The Hall–Kier alpha value is -1.31. The molecule has 0 unspecified atom stereocenters. The molecule has 1 rings (SSSR count). The molecule has 0 saturated heterocycles. The van der Waals surface area contributed by atoms with Crippen LogP contribution in [0.3, 0.4) is 0 Å². The molecular formula is C16H26O2. The first-order valence-electron chi connectivity index (χ1n) is 6.71. The van der Waals surface area contributed by atoms with Crippen LogP contribution < -0.4 is 4.74 Å². The molecule has 0 saturated carbocycles. The lowest BCUT2D eigenvalue weighted by Crippen LogP contribution is -2.08. The second-order valence-electron chi connectivity index (χ2n) is 4.44. The largest absolute Gasteiger partial charge is 0.496 e. The molecule has 1 aromatic rings. The van der Waals surface area contributed by atoms with Gasteiger partial charge in [-0.2, -0.15) is 0 Å². The SMILES string of the molecule is CC.COc1cc(C)ccc1CCC(=O)C(C)C. The molecule has 0 radical (unpaired) electrons. The molecule has 0 amide bonds. The molecule has 0 aromatic heterocycles. The van der Waals surface area contributed by atoms with Crippen LogP contribution in [0.5, 0.6) is 5.75 Å². The van der Waals surface area contributed by atoms with Gasteiger partial charge in [-0.05, 0) is 30.5 Å². The van der Waals surface area contributed by atoms with Gasteiger partial charge in [-0.15, -0.1) is 0 Å². The number of rotatable bonds is 5. The molecule has 0 atom stereocenters. The Morgan fingerprint density at radius 2 is 1.89 bits per heavy atom. The third kappa shape index (κ3) is 5.35. The van der Waals surface area contributed by atoms with Gasteiger partial charge in [0.1, 0.15) is 11.5 Å². The molecule has 0 heterocycles. The number of hydrogen-bond donors (Lipinski definition) is 0. The molecule has 2 nitrogen and oxygen atoms in total. The smallest absolute Gasteiger partial charge is 0.135 e. The summed E-state index contributed by atoms with van der Waals surface area (Å²) >= 11 is 0. The number of hydrogen-bond acceptors (Lipinski definition) is 2. The Morgan fingerprint density at radius 1 is 1.28 bits per heavy atom. The number of Topliss-reactive ketones (excluding diaryl/α,β-unsaturated/α-hetero) is 1. The maximum Gasteiger partial charge on any atom is 0.135 e. The van der Waals surface area contributed by atoms with E-state index in [1.807, 2.05) is 46.8 Å². The normalized spacial score (nSPS) is 9.72. The Morgan fingerprint density at radius 3 is 2.39 bits per heavy atom. The average Bonchev–Trinajstić information content (AvgIpc) is 2.38. The zero-order valence-corrected chi connectivity index (χ0v) is 12.5. The zero-order valence-electron chi connectivity index (χ0n) is 12.5. The Bertz CT molecular complexity index is 367. The van der Waals surface area contributed by atoms with Crippen LogP contribution in [0.25, 0.3) is 0 Å². The van der Waals surface area contributed by atoms with E-state index in [1.54, 1.807) is 7.11 Å². The lowest BCUT2D eigenvalue weighted by Gasteiger charge is -2.09. The number of aryl methyl sites for hydroxylation is 2. The first-order chi connectivity index (χ1) is 8.54. The van der Waals surface area contributed by atoms with Crippen LogP contribution in [0.1, 0.15) is 45.2 Å². The van der Waals surface area contributed by atoms with E-state index in [1.165, 1.54) is 5.56 Å².